The Bertz CT molecular complexity index is 1670. The number of carbonyl (C=O) groups excluding carboxylic acids is 1. The number of likely N-dealkylation sites (N-methyl/N-ethyl adjacent to an activating group) is 1. The van der Waals surface area contributed by atoms with Gasteiger partial charge in [-0.1, -0.05) is 317 Å². The number of carbonyl (C=O) groups is 1. The van der Waals surface area contributed by atoms with Crippen LogP contribution < -0.4 is 10.2 Å². The highest BCUT2D eigenvalue weighted by molar-refractivity contribution is 7.45. The molecule has 3 atom stereocenters. The molecular weight excluding hydrogens is 1040 g/mol. The van der Waals surface area contributed by atoms with Crippen molar-refractivity contribution in [1.29, 1.82) is 0 Å². The van der Waals surface area contributed by atoms with E-state index in [0.29, 0.717) is 17.4 Å². The number of aliphatic hydroxyl groups excluding tert-OH is 1. The summed E-state index contributed by atoms with van der Waals surface area (Å²) in [7, 11) is 1.24. The molecule has 0 aliphatic heterocycles. The Labute approximate surface area is 515 Å². The van der Waals surface area contributed by atoms with Crippen LogP contribution in [0.25, 0.3) is 0 Å². The molecule has 0 rings (SSSR count). The third kappa shape index (κ3) is 66.8. The number of unbranched alkanes of at least 4 members (excludes halogenated alkanes) is 37. The molecule has 2 N–H and O–H groups in total. The number of aliphatic hydroxyl groups is 1. The predicted molar refractivity (Wildman–Crippen MR) is 362 cm³/mol. The highest BCUT2D eigenvalue weighted by Gasteiger charge is 2.23. The SMILES string of the molecule is CC/C=C\C/C=C\C/C=C\C/C=C\C/C=C\CCCCCCCCCCCCCCCCCCCCCCCC(=O)NC(COP(=O)([O-])OCC[N+](C)(C)C)C(O)/C=C/CC/C=C/CC/C=C/CCCCCCCCCCCCCCCC. The Morgan fingerprint density at radius 2 is 0.747 bits per heavy atom. The Morgan fingerprint density at radius 3 is 1.12 bits per heavy atom. The first-order valence-electron chi connectivity index (χ1n) is 35.1. The third-order valence-corrected chi connectivity index (χ3v) is 16.5. The predicted octanol–water partition coefficient (Wildman–Crippen LogP) is 21.9. The van der Waals surface area contributed by atoms with Crippen LogP contribution in [0.15, 0.2) is 97.2 Å². The Balaban J connectivity index is 4.07. The van der Waals surface area contributed by atoms with Crippen LogP contribution in [-0.2, 0) is 18.4 Å². The molecular formula is C74H135N2O6P. The van der Waals surface area contributed by atoms with Gasteiger partial charge >= 0.3 is 0 Å². The molecule has 0 aliphatic carbocycles. The van der Waals surface area contributed by atoms with Crippen molar-refractivity contribution in [1.82, 2.24) is 5.32 Å². The Hall–Kier alpha value is -2.58. The minimum atomic E-state index is -4.62. The third-order valence-electron chi connectivity index (χ3n) is 15.5. The number of allylic oxidation sites excluding steroid dienone is 15. The summed E-state index contributed by atoms with van der Waals surface area (Å²) in [6.45, 7) is 4.54. The zero-order valence-corrected chi connectivity index (χ0v) is 56.0. The average molecular weight is 1180 g/mol. The molecule has 0 fully saturated rings. The topological polar surface area (TPSA) is 108 Å². The van der Waals surface area contributed by atoms with E-state index in [0.717, 1.165) is 77.0 Å². The lowest BCUT2D eigenvalue weighted by molar-refractivity contribution is -0.870. The number of nitrogens with one attached hydrogen (secondary N) is 1. The smallest absolute Gasteiger partial charge is 0.268 e. The number of rotatable bonds is 64. The molecule has 8 nitrogen and oxygen atoms in total. The molecule has 9 heteroatoms. The van der Waals surface area contributed by atoms with Gasteiger partial charge < -0.3 is 28.8 Å². The van der Waals surface area contributed by atoms with Gasteiger partial charge in [-0.05, 0) is 89.9 Å². The summed E-state index contributed by atoms with van der Waals surface area (Å²) in [4.78, 5) is 25.6. The van der Waals surface area contributed by atoms with Crippen molar-refractivity contribution >= 4 is 13.7 Å². The number of phosphoric ester groups is 1. The maximum atomic E-state index is 13.0. The molecule has 83 heavy (non-hydrogen) atoms. The average Bonchev–Trinajstić information content (AvgIpc) is 3.50. The van der Waals surface area contributed by atoms with Gasteiger partial charge in [0.1, 0.15) is 13.2 Å². The molecule has 0 bridgehead atoms. The van der Waals surface area contributed by atoms with Gasteiger partial charge in [0.25, 0.3) is 7.82 Å². The molecule has 0 aliphatic rings. The molecule has 0 saturated carbocycles. The van der Waals surface area contributed by atoms with Crippen LogP contribution in [0.5, 0.6) is 0 Å². The first-order valence-corrected chi connectivity index (χ1v) is 36.6. The molecule has 482 valence electrons. The van der Waals surface area contributed by atoms with Crippen molar-refractivity contribution in [3.63, 3.8) is 0 Å². The number of nitrogens with zero attached hydrogens (tertiary/aromatic N) is 1. The number of phosphoric acid groups is 1. The second-order valence-corrected chi connectivity index (χ2v) is 26.2. The van der Waals surface area contributed by atoms with E-state index in [1.807, 2.05) is 27.2 Å². The molecule has 0 spiro atoms. The molecule has 0 radical (unpaired) electrons. The zero-order chi connectivity index (χ0) is 60.5. The van der Waals surface area contributed by atoms with Gasteiger partial charge in [0.15, 0.2) is 0 Å². The van der Waals surface area contributed by atoms with Crippen molar-refractivity contribution in [2.75, 3.05) is 40.9 Å². The molecule has 1 amide bonds. The number of hydrogen-bond donors (Lipinski definition) is 2. The summed E-state index contributed by atoms with van der Waals surface area (Å²) >= 11 is 0. The monoisotopic (exact) mass is 1180 g/mol. The minimum absolute atomic E-state index is 0.0106. The van der Waals surface area contributed by atoms with Crippen LogP contribution >= 0.6 is 7.82 Å². The zero-order valence-electron chi connectivity index (χ0n) is 55.1. The van der Waals surface area contributed by atoms with Crippen LogP contribution in [0.1, 0.15) is 316 Å². The first kappa shape index (κ1) is 80.4. The largest absolute Gasteiger partial charge is 0.756 e. The van der Waals surface area contributed by atoms with Crippen molar-refractivity contribution in [3.05, 3.63) is 97.2 Å². The van der Waals surface area contributed by atoms with Gasteiger partial charge in [-0.15, -0.1) is 0 Å². The number of amides is 1. The van der Waals surface area contributed by atoms with E-state index in [4.69, 9.17) is 9.05 Å². The van der Waals surface area contributed by atoms with E-state index in [2.05, 4.69) is 104 Å². The molecule has 3 unspecified atom stereocenters. The normalized spacial score (nSPS) is 14.3. The van der Waals surface area contributed by atoms with Crippen LogP contribution in [0.3, 0.4) is 0 Å². The molecule has 0 saturated heterocycles. The number of hydrogen-bond acceptors (Lipinski definition) is 6. The van der Waals surface area contributed by atoms with E-state index < -0.39 is 26.6 Å². The van der Waals surface area contributed by atoms with Crippen LogP contribution in [0, 0.1) is 0 Å². The van der Waals surface area contributed by atoms with Gasteiger partial charge in [0.05, 0.1) is 39.9 Å². The standard InChI is InChI=1S/C74H135N2O6P/c1-6-8-10-12-14-16-18-20-22-24-26-28-30-32-33-34-35-36-37-38-39-40-41-42-43-44-46-48-50-52-54-56-58-60-62-64-66-68-74(78)75-72(71-82-83(79,80)81-70-69-76(3,4)5)73(77)67-65-63-61-59-57-55-53-51-49-47-45-31-29-27-25-23-21-19-17-15-13-11-9-7-2/h8,10,14,16,20,22,26,28,32-33,49,51,57,59,65,67,72-73,77H,6-7,9,11-13,15,17-19,21,23-25,27,29-31,34-48,50,52-56,58,60-64,66,68-71H2,1-5H3,(H-,75,78,79,80)/b10-8-,16-14-,22-20-,28-26-,33-32-,51-49+,59-57+,67-65+. The molecule has 0 heterocycles. The summed E-state index contributed by atoms with van der Waals surface area (Å²) in [6.07, 6.45) is 92.5. The lowest BCUT2D eigenvalue weighted by Crippen LogP contribution is -2.45. The van der Waals surface area contributed by atoms with Crippen LogP contribution in [-0.4, -0.2) is 68.5 Å². The van der Waals surface area contributed by atoms with Gasteiger partial charge in [0, 0.05) is 6.42 Å². The van der Waals surface area contributed by atoms with E-state index >= 15 is 0 Å². The second-order valence-electron chi connectivity index (χ2n) is 24.8. The minimum Gasteiger partial charge on any atom is -0.756 e. The van der Waals surface area contributed by atoms with Crippen LogP contribution in [0.2, 0.25) is 0 Å². The maximum Gasteiger partial charge on any atom is 0.268 e. The van der Waals surface area contributed by atoms with E-state index in [9.17, 15) is 19.4 Å². The molecule has 0 aromatic heterocycles. The first-order chi connectivity index (χ1) is 40.5. The lowest BCUT2D eigenvalue weighted by Gasteiger charge is -2.29. The van der Waals surface area contributed by atoms with Gasteiger partial charge in [0.2, 0.25) is 5.91 Å². The quantitative estimate of drug-likeness (QED) is 0.0272. The maximum absolute atomic E-state index is 13.0. The van der Waals surface area contributed by atoms with Crippen molar-refractivity contribution in [3.8, 4) is 0 Å². The molecule has 0 aromatic carbocycles. The fraction of sp³-hybridized carbons (Fsp3) is 0.770. The Kier molecular flexibility index (Phi) is 61.9. The summed E-state index contributed by atoms with van der Waals surface area (Å²) in [5.41, 5.74) is 0. The second kappa shape index (κ2) is 63.9. The highest BCUT2D eigenvalue weighted by Crippen LogP contribution is 2.38. The summed E-state index contributed by atoms with van der Waals surface area (Å²) < 4.78 is 23.4. The fourth-order valence-electron chi connectivity index (χ4n) is 10.1. The van der Waals surface area contributed by atoms with Crippen molar-refractivity contribution in [2.45, 2.75) is 328 Å². The molecule has 0 aromatic rings. The van der Waals surface area contributed by atoms with Crippen molar-refractivity contribution in [2.24, 2.45) is 0 Å². The van der Waals surface area contributed by atoms with E-state index in [1.165, 1.54) is 218 Å². The van der Waals surface area contributed by atoms with Gasteiger partial charge in [-0.25, -0.2) is 0 Å². The summed E-state index contributed by atoms with van der Waals surface area (Å²) in [6, 6.07) is -0.914. The highest BCUT2D eigenvalue weighted by atomic mass is 31.2. The lowest BCUT2D eigenvalue weighted by atomic mass is 10.0. The van der Waals surface area contributed by atoms with E-state index in [1.54, 1.807) is 6.08 Å². The summed E-state index contributed by atoms with van der Waals surface area (Å²) in [5, 5.41) is 13.9. The Morgan fingerprint density at radius 1 is 0.434 bits per heavy atom. The van der Waals surface area contributed by atoms with Gasteiger partial charge in [-0.2, -0.15) is 0 Å². The van der Waals surface area contributed by atoms with E-state index in [-0.39, 0.29) is 12.5 Å². The summed E-state index contributed by atoms with van der Waals surface area (Å²) in [5.74, 6) is -0.208. The number of quaternary nitrogens is 1. The van der Waals surface area contributed by atoms with Crippen LogP contribution in [0.4, 0.5) is 0 Å². The van der Waals surface area contributed by atoms with Gasteiger partial charge in [-0.3, -0.25) is 9.36 Å². The van der Waals surface area contributed by atoms with Crippen molar-refractivity contribution < 1.29 is 32.9 Å². The fourth-order valence-corrected chi connectivity index (χ4v) is 10.8.